The van der Waals surface area contributed by atoms with Gasteiger partial charge in [0.25, 0.3) is 0 Å². The van der Waals surface area contributed by atoms with Crippen molar-refractivity contribution < 1.29 is 13.2 Å². The van der Waals surface area contributed by atoms with Gasteiger partial charge in [0.1, 0.15) is 6.33 Å². The molecular weight excluding hydrogens is 436 g/mol. The first-order valence-corrected chi connectivity index (χ1v) is 13.3. The number of benzene rings is 1. The van der Waals surface area contributed by atoms with Gasteiger partial charge in [-0.25, -0.2) is 23.5 Å². The molecule has 1 fully saturated rings. The molecule has 33 heavy (non-hydrogen) atoms. The van der Waals surface area contributed by atoms with E-state index in [1.54, 1.807) is 6.33 Å². The predicted molar refractivity (Wildman–Crippen MR) is 126 cm³/mol. The van der Waals surface area contributed by atoms with Crippen molar-refractivity contribution in [2.75, 3.05) is 5.75 Å². The van der Waals surface area contributed by atoms with E-state index < -0.39 is 15.9 Å². The van der Waals surface area contributed by atoms with E-state index in [4.69, 9.17) is 10.9 Å². The predicted octanol–water partition coefficient (Wildman–Crippen LogP) is 3.03. The van der Waals surface area contributed by atoms with E-state index in [-0.39, 0.29) is 17.1 Å². The number of amides is 1. The van der Waals surface area contributed by atoms with Gasteiger partial charge in [0.2, 0.25) is 15.9 Å². The van der Waals surface area contributed by atoms with Crippen LogP contribution in [0.5, 0.6) is 0 Å². The SMILES string of the molecule is C[C@]12CC[C@@H]3c4ccc(C(N)=O)cc4CC(CCS(N)(=O)=O)[C@H]3[C@@H]1CC=C2c1cncnc1. The average Bonchev–Trinajstić information content (AvgIpc) is 3.14. The standard InChI is InChI=1S/C25H30N4O3S/c1-25-8-6-20-19-3-2-16(24(26)30)11-17(19)10-15(7-9-33(27,31)32)23(20)22(25)5-4-21(25)18-12-28-14-29-13-18/h2-4,11-15,20,22-23H,5-10H2,1H3,(H2,26,30)(H2,27,31,32)/t15?,20-,22+,23-,25-/m1/s1. The fourth-order valence-corrected chi connectivity index (χ4v) is 7.63. The van der Waals surface area contributed by atoms with Gasteiger partial charge in [0.15, 0.2) is 0 Å². The Morgan fingerprint density at radius 1 is 1.24 bits per heavy atom. The molecule has 7 nitrogen and oxygen atoms in total. The second-order valence-corrected chi connectivity index (χ2v) is 11.9. The minimum Gasteiger partial charge on any atom is -0.366 e. The van der Waals surface area contributed by atoms with E-state index in [1.165, 1.54) is 11.1 Å². The highest BCUT2D eigenvalue weighted by molar-refractivity contribution is 7.89. The maximum absolute atomic E-state index is 11.8. The van der Waals surface area contributed by atoms with Crippen molar-refractivity contribution in [3.63, 3.8) is 0 Å². The van der Waals surface area contributed by atoms with Gasteiger partial charge in [-0.05, 0) is 90.0 Å². The normalized spacial score (nSPS) is 30.7. The summed E-state index contributed by atoms with van der Waals surface area (Å²) in [7, 11) is -3.56. The largest absolute Gasteiger partial charge is 0.366 e. The van der Waals surface area contributed by atoms with Crippen LogP contribution in [0, 0.1) is 23.2 Å². The number of hydrogen-bond donors (Lipinski definition) is 2. The summed E-state index contributed by atoms with van der Waals surface area (Å²) >= 11 is 0. The Morgan fingerprint density at radius 3 is 2.70 bits per heavy atom. The van der Waals surface area contributed by atoms with E-state index in [2.05, 4.69) is 29.0 Å². The van der Waals surface area contributed by atoms with Gasteiger partial charge in [-0.3, -0.25) is 4.79 Å². The molecule has 0 spiro atoms. The van der Waals surface area contributed by atoms with Crippen molar-refractivity contribution in [3.05, 3.63) is 65.2 Å². The van der Waals surface area contributed by atoms with Crippen LogP contribution in [0.15, 0.2) is 43.0 Å². The number of nitrogens with zero attached hydrogens (tertiary/aromatic N) is 2. The van der Waals surface area contributed by atoms with E-state index >= 15 is 0 Å². The Kier molecular flexibility index (Phi) is 5.40. The third-order valence-electron chi connectivity index (χ3n) is 8.41. The molecule has 8 heteroatoms. The quantitative estimate of drug-likeness (QED) is 0.700. The molecule has 1 aromatic heterocycles. The van der Waals surface area contributed by atoms with Crippen LogP contribution in [0.4, 0.5) is 0 Å². The summed E-state index contributed by atoms with van der Waals surface area (Å²) in [5.74, 6) is 0.790. The number of fused-ring (bicyclic) bond motifs is 5. The minimum atomic E-state index is -3.56. The number of aromatic nitrogens is 2. The number of carbonyl (C=O) groups is 1. The van der Waals surface area contributed by atoms with Gasteiger partial charge in [0.05, 0.1) is 5.75 Å². The number of sulfonamides is 1. The smallest absolute Gasteiger partial charge is 0.248 e. The van der Waals surface area contributed by atoms with E-state index in [0.717, 1.165) is 36.8 Å². The molecule has 1 amide bonds. The second-order valence-electron chi connectivity index (χ2n) is 10.1. The topological polar surface area (TPSA) is 129 Å². The molecular formula is C25H30N4O3S. The summed E-state index contributed by atoms with van der Waals surface area (Å²) in [6.45, 7) is 2.35. The molecule has 5 atom stereocenters. The Balaban J connectivity index is 1.54. The van der Waals surface area contributed by atoms with Gasteiger partial charge >= 0.3 is 0 Å². The van der Waals surface area contributed by atoms with Crippen molar-refractivity contribution >= 4 is 21.5 Å². The summed E-state index contributed by atoms with van der Waals surface area (Å²) in [6.07, 6.45) is 11.9. The zero-order valence-electron chi connectivity index (χ0n) is 18.8. The number of hydrogen-bond acceptors (Lipinski definition) is 5. The monoisotopic (exact) mass is 466 g/mol. The van der Waals surface area contributed by atoms with Crippen LogP contribution in [0.3, 0.4) is 0 Å². The van der Waals surface area contributed by atoms with Crippen LogP contribution in [0.2, 0.25) is 0 Å². The van der Waals surface area contributed by atoms with Crippen LogP contribution < -0.4 is 10.9 Å². The number of primary amides is 1. The highest BCUT2D eigenvalue weighted by Crippen LogP contribution is 2.64. The lowest BCUT2D eigenvalue weighted by molar-refractivity contribution is 0.0473. The van der Waals surface area contributed by atoms with Gasteiger partial charge in [-0.1, -0.05) is 19.1 Å². The molecule has 0 aliphatic heterocycles. The Hall–Kier alpha value is -2.58. The van der Waals surface area contributed by atoms with Crippen LogP contribution in [0.1, 0.15) is 65.6 Å². The van der Waals surface area contributed by atoms with Gasteiger partial charge < -0.3 is 5.73 Å². The third kappa shape index (κ3) is 3.89. The minimum absolute atomic E-state index is 0.00358. The summed E-state index contributed by atoms with van der Waals surface area (Å²) in [4.78, 5) is 20.2. The molecule has 1 saturated carbocycles. The number of allylic oxidation sites excluding steroid dienone is 2. The Labute approximate surface area is 194 Å². The first-order valence-electron chi connectivity index (χ1n) is 11.6. The number of nitrogens with two attached hydrogens (primary N) is 2. The highest BCUT2D eigenvalue weighted by Gasteiger charge is 2.54. The second kappa shape index (κ2) is 8.02. The molecule has 1 unspecified atom stereocenters. The fourth-order valence-electron chi connectivity index (χ4n) is 7.00. The molecule has 174 valence electrons. The summed E-state index contributed by atoms with van der Waals surface area (Å²) in [6, 6.07) is 5.81. The summed E-state index contributed by atoms with van der Waals surface area (Å²) in [5.41, 5.74) is 10.8. The van der Waals surface area contributed by atoms with Crippen molar-refractivity contribution in [3.8, 4) is 0 Å². The number of rotatable bonds is 5. The molecule has 1 aromatic carbocycles. The number of primary sulfonamides is 1. The zero-order chi connectivity index (χ0) is 23.4. The zero-order valence-corrected chi connectivity index (χ0v) is 19.6. The first kappa shape index (κ1) is 22.2. The molecule has 0 bridgehead atoms. The van der Waals surface area contributed by atoms with Crippen LogP contribution in [-0.2, 0) is 16.4 Å². The molecule has 0 radical (unpaired) electrons. The molecule has 5 rings (SSSR count). The molecule has 0 saturated heterocycles. The van der Waals surface area contributed by atoms with Crippen LogP contribution in [-0.4, -0.2) is 30.0 Å². The molecule has 4 N–H and O–H groups in total. The third-order valence-corrected chi connectivity index (χ3v) is 9.22. The van der Waals surface area contributed by atoms with E-state index in [9.17, 15) is 13.2 Å². The van der Waals surface area contributed by atoms with E-state index in [1.807, 2.05) is 24.5 Å². The average molecular weight is 467 g/mol. The van der Waals surface area contributed by atoms with Crippen molar-refractivity contribution in [1.29, 1.82) is 0 Å². The van der Waals surface area contributed by atoms with E-state index in [0.29, 0.717) is 29.7 Å². The highest BCUT2D eigenvalue weighted by atomic mass is 32.2. The van der Waals surface area contributed by atoms with Gasteiger partial charge in [-0.15, -0.1) is 0 Å². The first-order chi connectivity index (χ1) is 15.7. The summed E-state index contributed by atoms with van der Waals surface area (Å²) in [5, 5.41) is 5.40. The van der Waals surface area contributed by atoms with Gasteiger partial charge in [0, 0.05) is 23.5 Å². The molecule has 2 aromatic rings. The molecule has 3 aliphatic carbocycles. The maximum atomic E-state index is 11.8. The van der Waals surface area contributed by atoms with Crippen molar-refractivity contribution in [2.24, 2.45) is 34.0 Å². The van der Waals surface area contributed by atoms with Gasteiger partial charge in [-0.2, -0.15) is 0 Å². The fraction of sp³-hybridized carbons (Fsp3) is 0.480. The lowest BCUT2D eigenvalue weighted by Gasteiger charge is -2.53. The molecule has 3 aliphatic rings. The lowest BCUT2D eigenvalue weighted by atomic mass is 9.51. The van der Waals surface area contributed by atoms with Crippen molar-refractivity contribution in [2.45, 2.75) is 44.9 Å². The lowest BCUT2D eigenvalue weighted by Crippen LogP contribution is -2.45. The van der Waals surface area contributed by atoms with Crippen LogP contribution >= 0.6 is 0 Å². The Bertz CT molecular complexity index is 1230. The number of carbonyl (C=O) groups excluding carboxylic acids is 1. The van der Waals surface area contributed by atoms with Crippen LogP contribution in [0.25, 0.3) is 5.57 Å². The Morgan fingerprint density at radius 2 is 2.00 bits per heavy atom. The maximum Gasteiger partial charge on any atom is 0.248 e. The molecule has 1 heterocycles. The van der Waals surface area contributed by atoms with Crippen molar-refractivity contribution in [1.82, 2.24) is 9.97 Å². The summed E-state index contributed by atoms with van der Waals surface area (Å²) < 4.78 is 23.7.